The summed E-state index contributed by atoms with van der Waals surface area (Å²) in [5.41, 5.74) is 2.82. The molecule has 0 unspecified atom stereocenters. The molecule has 0 atom stereocenters. The maximum atomic E-state index is 12.3. The summed E-state index contributed by atoms with van der Waals surface area (Å²) in [5, 5.41) is 4.22. The number of rotatable bonds is 5. The van der Waals surface area contributed by atoms with Crippen LogP contribution in [0.1, 0.15) is 5.56 Å². The van der Waals surface area contributed by atoms with Crippen molar-refractivity contribution in [3.05, 3.63) is 75.1 Å². The Balaban J connectivity index is 1.61. The maximum absolute atomic E-state index is 12.3. The average molecular weight is 401 g/mol. The molecule has 2 aromatic carbocycles. The van der Waals surface area contributed by atoms with Gasteiger partial charge in [-0.2, -0.15) is 5.10 Å². The summed E-state index contributed by atoms with van der Waals surface area (Å²) in [7, 11) is 0. The molecule has 1 amide bonds. The third-order valence-electron chi connectivity index (χ3n) is 3.30. The summed E-state index contributed by atoms with van der Waals surface area (Å²) < 4.78 is 11.5. The van der Waals surface area contributed by atoms with Crippen LogP contribution in [0, 0.1) is 0 Å². The number of carbonyl (C=O) groups is 1. The number of benzene rings is 2. The second-order valence-electron chi connectivity index (χ2n) is 5.03. The molecule has 6 nitrogen and oxygen atoms in total. The number of nitrogens with zero attached hydrogens (tertiary/aromatic N) is 1. The van der Waals surface area contributed by atoms with Crippen molar-refractivity contribution in [3.63, 3.8) is 0 Å². The van der Waals surface area contributed by atoms with Gasteiger partial charge >= 0.3 is 0 Å². The molecule has 1 aromatic heterocycles. The van der Waals surface area contributed by atoms with E-state index in [0.717, 1.165) is 4.47 Å². The summed E-state index contributed by atoms with van der Waals surface area (Å²) >= 11 is 3.33. The predicted molar refractivity (Wildman–Crippen MR) is 97.9 cm³/mol. The molecule has 0 aliphatic heterocycles. The van der Waals surface area contributed by atoms with Gasteiger partial charge in [-0.3, -0.25) is 9.59 Å². The van der Waals surface area contributed by atoms with E-state index < -0.39 is 5.91 Å². The van der Waals surface area contributed by atoms with Crippen LogP contribution in [0.2, 0.25) is 0 Å². The number of hydrogen-bond donors (Lipinski definition) is 1. The van der Waals surface area contributed by atoms with Gasteiger partial charge in [0.05, 0.1) is 21.6 Å². The monoisotopic (exact) mass is 400 g/mol. The van der Waals surface area contributed by atoms with Crippen molar-refractivity contribution in [3.8, 4) is 5.75 Å². The van der Waals surface area contributed by atoms with Crippen LogP contribution in [-0.4, -0.2) is 18.7 Å². The first-order chi connectivity index (χ1) is 12.1. The molecule has 3 aromatic rings. The van der Waals surface area contributed by atoms with E-state index in [0.29, 0.717) is 16.7 Å². The van der Waals surface area contributed by atoms with Crippen LogP contribution < -0.4 is 15.6 Å². The topological polar surface area (TPSA) is 80.9 Å². The average Bonchev–Trinajstić information content (AvgIpc) is 2.63. The molecule has 0 bridgehead atoms. The fraction of sp³-hybridized carbons (Fsp3) is 0.0556. The number of hydrogen-bond acceptors (Lipinski definition) is 5. The van der Waals surface area contributed by atoms with Crippen LogP contribution in [0.4, 0.5) is 0 Å². The molecule has 0 radical (unpaired) electrons. The first kappa shape index (κ1) is 16.9. The molecular weight excluding hydrogens is 388 g/mol. The quantitative estimate of drug-likeness (QED) is 0.526. The van der Waals surface area contributed by atoms with Crippen LogP contribution in [-0.2, 0) is 4.79 Å². The highest BCUT2D eigenvalue weighted by Gasteiger charge is 2.06. The van der Waals surface area contributed by atoms with Gasteiger partial charge in [-0.1, -0.05) is 24.3 Å². The van der Waals surface area contributed by atoms with Crippen molar-refractivity contribution in [1.29, 1.82) is 0 Å². The SMILES string of the molecule is O=C(COc1ccccc1Br)N/N=C/c1coc2ccccc2c1=O. The lowest BCUT2D eigenvalue weighted by molar-refractivity contribution is -0.123. The van der Waals surface area contributed by atoms with E-state index in [1.54, 1.807) is 36.4 Å². The zero-order valence-electron chi connectivity index (χ0n) is 12.9. The maximum Gasteiger partial charge on any atom is 0.277 e. The molecule has 0 spiro atoms. The number of para-hydroxylation sites is 2. The van der Waals surface area contributed by atoms with E-state index in [2.05, 4.69) is 26.5 Å². The van der Waals surface area contributed by atoms with E-state index in [9.17, 15) is 9.59 Å². The van der Waals surface area contributed by atoms with Gasteiger partial charge in [0.15, 0.2) is 6.61 Å². The third-order valence-corrected chi connectivity index (χ3v) is 3.95. The van der Waals surface area contributed by atoms with Gasteiger partial charge in [-0.05, 0) is 40.2 Å². The first-order valence-electron chi connectivity index (χ1n) is 7.35. The summed E-state index contributed by atoms with van der Waals surface area (Å²) in [6, 6.07) is 14.1. The highest BCUT2D eigenvalue weighted by Crippen LogP contribution is 2.23. The van der Waals surface area contributed by atoms with E-state index in [1.165, 1.54) is 12.5 Å². The molecule has 0 aliphatic carbocycles. The van der Waals surface area contributed by atoms with E-state index in [1.807, 2.05) is 12.1 Å². The Morgan fingerprint density at radius 3 is 2.80 bits per heavy atom. The minimum atomic E-state index is -0.447. The van der Waals surface area contributed by atoms with Crippen LogP contribution in [0.25, 0.3) is 11.0 Å². The predicted octanol–water partition coefficient (Wildman–Crippen LogP) is 3.08. The Kier molecular flexibility index (Phi) is 5.25. The number of fused-ring (bicyclic) bond motifs is 1. The zero-order valence-corrected chi connectivity index (χ0v) is 14.5. The van der Waals surface area contributed by atoms with E-state index in [-0.39, 0.29) is 17.6 Å². The van der Waals surface area contributed by atoms with Crippen LogP contribution in [0.5, 0.6) is 5.75 Å². The van der Waals surface area contributed by atoms with Gasteiger partial charge in [-0.15, -0.1) is 0 Å². The highest BCUT2D eigenvalue weighted by atomic mass is 79.9. The zero-order chi connectivity index (χ0) is 17.6. The Labute approximate surface area is 151 Å². The fourth-order valence-electron chi connectivity index (χ4n) is 2.09. The standard InChI is InChI=1S/C18H13BrN2O4/c19-14-6-2-4-8-16(14)25-11-17(22)21-20-9-12-10-24-15-7-3-1-5-13(15)18(12)23/h1-10H,11H2,(H,21,22)/b20-9+. The number of hydrazone groups is 1. The number of amides is 1. The number of ether oxygens (including phenoxy) is 1. The smallest absolute Gasteiger partial charge is 0.277 e. The van der Waals surface area contributed by atoms with Crippen molar-refractivity contribution in [1.82, 2.24) is 5.43 Å². The summed E-state index contributed by atoms with van der Waals surface area (Å²) in [4.78, 5) is 24.0. The van der Waals surface area contributed by atoms with Gasteiger partial charge in [0.2, 0.25) is 5.43 Å². The van der Waals surface area contributed by atoms with Crippen LogP contribution in [0.3, 0.4) is 0 Å². The summed E-state index contributed by atoms with van der Waals surface area (Å²) in [6.45, 7) is -0.202. The molecule has 1 N–H and O–H groups in total. The third kappa shape index (κ3) is 4.13. The first-order valence-corrected chi connectivity index (χ1v) is 8.14. The Morgan fingerprint density at radius 1 is 1.20 bits per heavy atom. The molecule has 7 heteroatoms. The molecule has 0 saturated carbocycles. The fourth-order valence-corrected chi connectivity index (χ4v) is 2.49. The van der Waals surface area contributed by atoms with Gasteiger partial charge in [0.1, 0.15) is 17.6 Å². The second-order valence-corrected chi connectivity index (χ2v) is 5.88. The van der Waals surface area contributed by atoms with Crippen molar-refractivity contribution in [2.75, 3.05) is 6.61 Å². The molecule has 1 heterocycles. The minimum absolute atomic E-state index is 0.202. The molecule has 0 fully saturated rings. The van der Waals surface area contributed by atoms with Crippen molar-refractivity contribution in [2.45, 2.75) is 0 Å². The molecule has 0 aliphatic rings. The van der Waals surface area contributed by atoms with Gasteiger partial charge in [-0.25, -0.2) is 5.43 Å². The molecule has 3 rings (SSSR count). The van der Waals surface area contributed by atoms with Gasteiger partial charge < -0.3 is 9.15 Å². The van der Waals surface area contributed by atoms with E-state index in [4.69, 9.17) is 9.15 Å². The van der Waals surface area contributed by atoms with Crippen LogP contribution >= 0.6 is 15.9 Å². The van der Waals surface area contributed by atoms with Crippen molar-refractivity contribution in [2.24, 2.45) is 5.10 Å². The molecular formula is C18H13BrN2O4. The lowest BCUT2D eigenvalue weighted by Gasteiger charge is -2.06. The summed E-state index contributed by atoms with van der Waals surface area (Å²) in [6.07, 6.45) is 2.55. The lowest BCUT2D eigenvalue weighted by atomic mass is 10.2. The molecule has 0 saturated heterocycles. The molecule has 25 heavy (non-hydrogen) atoms. The van der Waals surface area contributed by atoms with E-state index >= 15 is 0 Å². The Bertz CT molecular complexity index is 998. The normalized spacial score (nSPS) is 10.9. The van der Waals surface area contributed by atoms with Crippen LogP contribution in [0.15, 0.2) is 73.6 Å². The largest absolute Gasteiger partial charge is 0.483 e. The van der Waals surface area contributed by atoms with Gasteiger partial charge in [0.25, 0.3) is 5.91 Å². The number of halogens is 1. The molecule has 126 valence electrons. The number of carbonyl (C=O) groups excluding carboxylic acids is 1. The second kappa shape index (κ2) is 7.76. The highest BCUT2D eigenvalue weighted by molar-refractivity contribution is 9.10. The summed E-state index contributed by atoms with van der Waals surface area (Å²) in [5.74, 6) is 0.106. The van der Waals surface area contributed by atoms with Gasteiger partial charge in [0, 0.05) is 0 Å². The lowest BCUT2D eigenvalue weighted by Crippen LogP contribution is -2.25. The minimum Gasteiger partial charge on any atom is -0.483 e. The Hall–Kier alpha value is -2.93. The Morgan fingerprint density at radius 2 is 1.96 bits per heavy atom. The van der Waals surface area contributed by atoms with Crippen molar-refractivity contribution < 1.29 is 13.9 Å². The van der Waals surface area contributed by atoms with Crippen molar-refractivity contribution >= 4 is 39.0 Å². The number of nitrogens with one attached hydrogen (secondary N) is 1.